The first-order chi connectivity index (χ1) is 15.8. The van der Waals surface area contributed by atoms with Crippen LogP contribution in [0.1, 0.15) is 42.5 Å². The molecule has 3 aromatic rings. The number of rotatable bonds is 6. The molecule has 4 heterocycles. The number of fused-ring (bicyclic) bond motifs is 1. The third-order valence-electron chi connectivity index (χ3n) is 5.75. The Bertz CT molecular complexity index is 1120. The molecule has 1 aliphatic rings. The minimum atomic E-state index is -0.682. The van der Waals surface area contributed by atoms with Crippen molar-refractivity contribution in [2.24, 2.45) is 5.41 Å². The molecule has 33 heavy (non-hydrogen) atoms. The highest BCUT2D eigenvalue weighted by atomic mass is 32.1. The summed E-state index contributed by atoms with van der Waals surface area (Å²) in [5.41, 5.74) is 2.76. The average Bonchev–Trinajstić information content (AvgIpc) is 3.44. The summed E-state index contributed by atoms with van der Waals surface area (Å²) in [5.74, 6) is 0.215. The second-order valence-corrected chi connectivity index (χ2v) is 10.0. The second-order valence-electron chi connectivity index (χ2n) is 9.24. The fourth-order valence-corrected chi connectivity index (χ4v) is 4.67. The molecule has 10 heteroatoms. The SMILES string of the molecule is CNC(=O)[C@H](NC(=O)c1nc(-c2ccsc2)n2c1CN(Cc1cncnc1)CC2)C(C)(C)C. The lowest BCUT2D eigenvalue weighted by molar-refractivity contribution is -0.124. The van der Waals surface area contributed by atoms with E-state index in [2.05, 4.69) is 30.1 Å². The molecule has 0 spiro atoms. The molecular formula is C23H29N7O2S. The molecule has 0 saturated heterocycles. The predicted octanol–water partition coefficient (Wildman–Crippen LogP) is 2.31. The van der Waals surface area contributed by atoms with E-state index < -0.39 is 11.5 Å². The molecular weight excluding hydrogens is 438 g/mol. The Kier molecular flexibility index (Phi) is 6.57. The summed E-state index contributed by atoms with van der Waals surface area (Å²) in [6, 6.07) is 1.33. The number of imidazole rings is 1. The number of hydrogen-bond donors (Lipinski definition) is 2. The molecule has 0 fully saturated rings. The minimum Gasteiger partial charge on any atom is -0.357 e. The van der Waals surface area contributed by atoms with Gasteiger partial charge in [0.2, 0.25) is 5.91 Å². The van der Waals surface area contributed by atoms with E-state index in [0.717, 1.165) is 29.2 Å². The molecule has 3 aromatic heterocycles. The smallest absolute Gasteiger partial charge is 0.272 e. The van der Waals surface area contributed by atoms with Gasteiger partial charge in [-0.2, -0.15) is 11.3 Å². The van der Waals surface area contributed by atoms with Crippen molar-refractivity contribution in [2.45, 2.75) is 46.4 Å². The number of hydrogen-bond acceptors (Lipinski definition) is 7. The summed E-state index contributed by atoms with van der Waals surface area (Å²) in [4.78, 5) is 41.2. The van der Waals surface area contributed by atoms with Gasteiger partial charge in [0.15, 0.2) is 5.69 Å². The fraction of sp³-hybridized carbons (Fsp3) is 0.435. The van der Waals surface area contributed by atoms with Gasteiger partial charge in [0, 0.05) is 62.1 Å². The number of nitrogens with zero attached hydrogens (tertiary/aromatic N) is 5. The summed E-state index contributed by atoms with van der Waals surface area (Å²) in [6.45, 7) is 8.56. The number of nitrogens with one attached hydrogen (secondary N) is 2. The zero-order valence-corrected chi connectivity index (χ0v) is 20.1. The molecule has 1 atom stereocenters. The van der Waals surface area contributed by atoms with Gasteiger partial charge in [-0.1, -0.05) is 20.8 Å². The van der Waals surface area contributed by atoms with E-state index in [0.29, 0.717) is 25.3 Å². The predicted molar refractivity (Wildman–Crippen MR) is 126 cm³/mol. The highest BCUT2D eigenvalue weighted by Crippen LogP contribution is 2.29. The lowest BCUT2D eigenvalue weighted by Gasteiger charge is -2.31. The van der Waals surface area contributed by atoms with Crippen LogP contribution in [0.15, 0.2) is 35.5 Å². The van der Waals surface area contributed by atoms with Gasteiger partial charge in [-0.3, -0.25) is 14.5 Å². The number of carbonyl (C=O) groups is 2. The molecule has 4 rings (SSSR count). The van der Waals surface area contributed by atoms with E-state index in [1.54, 1.807) is 30.8 Å². The molecule has 0 saturated carbocycles. The molecule has 2 N–H and O–H groups in total. The highest BCUT2D eigenvalue weighted by molar-refractivity contribution is 7.08. The second kappa shape index (κ2) is 9.40. The van der Waals surface area contributed by atoms with Crippen LogP contribution in [0.4, 0.5) is 0 Å². The Hall–Kier alpha value is -3.11. The van der Waals surface area contributed by atoms with Crippen LogP contribution in [0.3, 0.4) is 0 Å². The van der Waals surface area contributed by atoms with Crippen molar-refractivity contribution in [3.8, 4) is 11.4 Å². The molecule has 0 unspecified atom stereocenters. The Morgan fingerprint density at radius 3 is 2.61 bits per heavy atom. The van der Waals surface area contributed by atoms with Gasteiger partial charge in [0.05, 0.1) is 5.69 Å². The van der Waals surface area contributed by atoms with Crippen LogP contribution in [0, 0.1) is 5.41 Å². The maximum atomic E-state index is 13.4. The van der Waals surface area contributed by atoms with Gasteiger partial charge in [-0.05, 0) is 16.9 Å². The molecule has 0 bridgehead atoms. The van der Waals surface area contributed by atoms with Gasteiger partial charge in [0.25, 0.3) is 5.91 Å². The van der Waals surface area contributed by atoms with Crippen LogP contribution in [0.2, 0.25) is 0 Å². The molecule has 2 amide bonds. The van der Waals surface area contributed by atoms with Crippen molar-refractivity contribution in [3.05, 3.63) is 52.5 Å². The highest BCUT2D eigenvalue weighted by Gasteiger charge is 2.35. The average molecular weight is 468 g/mol. The lowest BCUT2D eigenvalue weighted by atomic mass is 9.86. The zero-order valence-electron chi connectivity index (χ0n) is 19.3. The number of amides is 2. The first-order valence-electron chi connectivity index (χ1n) is 10.9. The van der Waals surface area contributed by atoms with Crippen LogP contribution in [0.5, 0.6) is 0 Å². The largest absolute Gasteiger partial charge is 0.357 e. The van der Waals surface area contributed by atoms with E-state index in [-0.39, 0.29) is 11.8 Å². The topological polar surface area (TPSA) is 105 Å². The van der Waals surface area contributed by atoms with Crippen molar-refractivity contribution in [1.82, 2.24) is 35.1 Å². The summed E-state index contributed by atoms with van der Waals surface area (Å²) >= 11 is 1.59. The molecule has 0 aromatic carbocycles. The standard InChI is InChI=1S/C23H29N7O2S/c1-23(2,3)19(22(32)24-4)28-21(31)18-17-12-29(11-15-9-25-14-26-10-15)6-7-30(17)20(27-18)16-5-8-33-13-16/h5,8-10,13-14,19H,6-7,11-12H2,1-4H3,(H,24,32)(H,28,31)/t19-/m0/s1. The quantitative estimate of drug-likeness (QED) is 0.576. The summed E-state index contributed by atoms with van der Waals surface area (Å²) in [6.07, 6.45) is 5.13. The van der Waals surface area contributed by atoms with Crippen LogP contribution in [-0.2, 0) is 24.4 Å². The van der Waals surface area contributed by atoms with Gasteiger partial charge < -0.3 is 15.2 Å². The summed E-state index contributed by atoms with van der Waals surface area (Å²) in [7, 11) is 1.57. The maximum absolute atomic E-state index is 13.4. The molecule has 1 aliphatic heterocycles. The molecule has 9 nitrogen and oxygen atoms in total. The Labute approximate surface area is 197 Å². The van der Waals surface area contributed by atoms with Crippen LogP contribution in [0.25, 0.3) is 11.4 Å². The third-order valence-corrected chi connectivity index (χ3v) is 6.43. The van der Waals surface area contributed by atoms with Gasteiger partial charge in [-0.25, -0.2) is 15.0 Å². The lowest BCUT2D eigenvalue weighted by Crippen LogP contribution is -2.53. The van der Waals surface area contributed by atoms with Crippen LogP contribution < -0.4 is 10.6 Å². The van der Waals surface area contributed by atoms with E-state index in [4.69, 9.17) is 4.98 Å². The Balaban J connectivity index is 1.66. The Morgan fingerprint density at radius 2 is 1.97 bits per heavy atom. The number of aromatic nitrogens is 4. The van der Waals surface area contributed by atoms with Gasteiger partial charge >= 0.3 is 0 Å². The fourth-order valence-electron chi connectivity index (χ4n) is 4.04. The van der Waals surface area contributed by atoms with Crippen molar-refractivity contribution >= 4 is 23.2 Å². The normalized spacial score (nSPS) is 15.0. The van der Waals surface area contributed by atoms with Crippen molar-refractivity contribution in [2.75, 3.05) is 13.6 Å². The Morgan fingerprint density at radius 1 is 1.21 bits per heavy atom. The monoisotopic (exact) mass is 467 g/mol. The van der Waals surface area contributed by atoms with Crippen molar-refractivity contribution in [1.29, 1.82) is 0 Å². The van der Waals surface area contributed by atoms with E-state index in [9.17, 15) is 9.59 Å². The first-order valence-corrected chi connectivity index (χ1v) is 11.8. The third kappa shape index (κ3) is 4.96. The summed E-state index contributed by atoms with van der Waals surface area (Å²) in [5, 5.41) is 9.63. The molecule has 0 aliphatic carbocycles. The van der Waals surface area contributed by atoms with Crippen molar-refractivity contribution < 1.29 is 9.59 Å². The maximum Gasteiger partial charge on any atom is 0.272 e. The van der Waals surface area contributed by atoms with Crippen LogP contribution >= 0.6 is 11.3 Å². The number of thiophene rings is 1. The first kappa shape index (κ1) is 23.1. The van der Waals surface area contributed by atoms with Gasteiger partial charge in [-0.15, -0.1) is 0 Å². The van der Waals surface area contributed by atoms with E-state index >= 15 is 0 Å². The number of carbonyl (C=O) groups excluding carboxylic acids is 2. The zero-order chi connectivity index (χ0) is 23.6. The van der Waals surface area contributed by atoms with Crippen molar-refractivity contribution in [3.63, 3.8) is 0 Å². The van der Waals surface area contributed by atoms with E-state index in [1.165, 1.54) is 6.33 Å². The van der Waals surface area contributed by atoms with Crippen LogP contribution in [-0.4, -0.2) is 55.9 Å². The molecule has 0 radical (unpaired) electrons. The van der Waals surface area contributed by atoms with Gasteiger partial charge in [0.1, 0.15) is 18.2 Å². The molecule has 174 valence electrons. The number of likely N-dealkylation sites (N-methyl/N-ethyl adjacent to an activating group) is 1. The summed E-state index contributed by atoms with van der Waals surface area (Å²) < 4.78 is 2.13. The van der Waals surface area contributed by atoms with E-state index in [1.807, 2.05) is 37.6 Å². The minimum absolute atomic E-state index is 0.229.